The second-order valence-corrected chi connectivity index (χ2v) is 6.28. The second-order valence-electron chi connectivity index (χ2n) is 4.30. The van der Waals surface area contributed by atoms with Crippen molar-refractivity contribution < 1.29 is 9.53 Å². The second kappa shape index (κ2) is 6.05. The summed E-state index contributed by atoms with van der Waals surface area (Å²) in [5.41, 5.74) is 0.770. The van der Waals surface area contributed by atoms with Gasteiger partial charge in [-0.1, -0.05) is 22.9 Å². The SMILES string of the molecule is CCCOc1ccc(NC(=O)C(C)(C)Br)cc1. The highest BCUT2D eigenvalue weighted by atomic mass is 79.9. The molecule has 0 heterocycles. The largest absolute Gasteiger partial charge is 0.494 e. The third-order valence-electron chi connectivity index (χ3n) is 2.12. The summed E-state index contributed by atoms with van der Waals surface area (Å²) in [6, 6.07) is 7.38. The number of benzene rings is 1. The van der Waals surface area contributed by atoms with Gasteiger partial charge in [0.05, 0.1) is 10.9 Å². The van der Waals surface area contributed by atoms with E-state index in [4.69, 9.17) is 4.74 Å². The van der Waals surface area contributed by atoms with Gasteiger partial charge in [0.1, 0.15) is 5.75 Å². The van der Waals surface area contributed by atoms with Gasteiger partial charge in [0.15, 0.2) is 0 Å². The lowest BCUT2D eigenvalue weighted by molar-refractivity contribution is -0.117. The molecule has 0 aliphatic heterocycles. The lowest BCUT2D eigenvalue weighted by Gasteiger charge is -2.16. The molecule has 0 atom stereocenters. The number of hydrogen-bond acceptors (Lipinski definition) is 2. The Kier molecular flexibility index (Phi) is 5.00. The van der Waals surface area contributed by atoms with Crippen LogP contribution in [0.4, 0.5) is 5.69 Å². The normalized spacial score (nSPS) is 11.1. The van der Waals surface area contributed by atoms with Crippen LogP contribution < -0.4 is 10.1 Å². The van der Waals surface area contributed by atoms with Crippen LogP contribution in [-0.4, -0.2) is 16.8 Å². The van der Waals surface area contributed by atoms with Gasteiger partial charge in [-0.05, 0) is 44.5 Å². The van der Waals surface area contributed by atoms with Gasteiger partial charge in [0.2, 0.25) is 5.91 Å². The van der Waals surface area contributed by atoms with E-state index in [0.29, 0.717) is 6.61 Å². The highest BCUT2D eigenvalue weighted by Gasteiger charge is 2.23. The van der Waals surface area contributed by atoms with Crippen LogP contribution in [0, 0.1) is 0 Å². The Labute approximate surface area is 111 Å². The molecular weight excluding hydrogens is 282 g/mol. The summed E-state index contributed by atoms with van der Waals surface area (Å²) in [4.78, 5) is 11.7. The summed E-state index contributed by atoms with van der Waals surface area (Å²) < 4.78 is 4.90. The highest BCUT2D eigenvalue weighted by molar-refractivity contribution is 9.10. The van der Waals surface area contributed by atoms with Crippen molar-refractivity contribution in [3.8, 4) is 5.75 Å². The van der Waals surface area contributed by atoms with Gasteiger partial charge in [-0.25, -0.2) is 0 Å². The Morgan fingerprint density at radius 1 is 1.35 bits per heavy atom. The van der Waals surface area contributed by atoms with E-state index < -0.39 is 4.32 Å². The molecule has 0 aromatic heterocycles. The van der Waals surface area contributed by atoms with Gasteiger partial charge in [-0.3, -0.25) is 4.79 Å². The Hall–Kier alpha value is -1.03. The van der Waals surface area contributed by atoms with Crippen LogP contribution in [-0.2, 0) is 4.79 Å². The van der Waals surface area contributed by atoms with Gasteiger partial charge in [0.25, 0.3) is 0 Å². The van der Waals surface area contributed by atoms with Crippen LogP contribution in [0.2, 0.25) is 0 Å². The van der Waals surface area contributed by atoms with E-state index in [9.17, 15) is 4.79 Å². The molecule has 94 valence electrons. The maximum absolute atomic E-state index is 11.7. The van der Waals surface area contributed by atoms with Gasteiger partial charge < -0.3 is 10.1 Å². The molecule has 0 bridgehead atoms. The number of ether oxygens (including phenoxy) is 1. The number of halogens is 1. The zero-order chi connectivity index (χ0) is 12.9. The molecule has 0 spiro atoms. The average molecular weight is 300 g/mol. The van der Waals surface area contributed by atoms with E-state index in [2.05, 4.69) is 28.2 Å². The minimum absolute atomic E-state index is 0.0697. The quantitative estimate of drug-likeness (QED) is 0.844. The average Bonchev–Trinajstić information content (AvgIpc) is 2.27. The zero-order valence-electron chi connectivity index (χ0n) is 10.4. The standard InChI is InChI=1S/C13H18BrNO2/c1-4-9-17-11-7-5-10(6-8-11)15-12(16)13(2,3)14/h5-8H,4,9H2,1-3H3,(H,15,16). The third kappa shape index (κ3) is 4.77. The van der Waals surface area contributed by atoms with Crippen LogP contribution >= 0.6 is 15.9 Å². The van der Waals surface area contributed by atoms with E-state index in [1.807, 2.05) is 24.3 Å². The van der Waals surface area contributed by atoms with E-state index >= 15 is 0 Å². The first-order valence-electron chi connectivity index (χ1n) is 5.66. The van der Waals surface area contributed by atoms with E-state index in [1.54, 1.807) is 13.8 Å². The molecule has 1 N–H and O–H groups in total. The maximum atomic E-state index is 11.7. The Morgan fingerprint density at radius 2 is 1.94 bits per heavy atom. The lowest BCUT2D eigenvalue weighted by Crippen LogP contribution is -2.30. The fourth-order valence-corrected chi connectivity index (χ4v) is 1.23. The first kappa shape index (κ1) is 14.0. The fourth-order valence-electron chi connectivity index (χ4n) is 1.13. The van der Waals surface area contributed by atoms with Crippen molar-refractivity contribution in [3.63, 3.8) is 0 Å². The molecular formula is C13H18BrNO2. The van der Waals surface area contributed by atoms with Crippen molar-refractivity contribution in [1.29, 1.82) is 0 Å². The summed E-state index contributed by atoms with van der Waals surface area (Å²) in [5, 5.41) is 2.82. The van der Waals surface area contributed by atoms with Crippen molar-refractivity contribution >= 4 is 27.5 Å². The number of carbonyl (C=O) groups excluding carboxylic acids is 1. The molecule has 0 unspecified atom stereocenters. The van der Waals surface area contributed by atoms with Gasteiger partial charge in [-0.15, -0.1) is 0 Å². The van der Waals surface area contributed by atoms with E-state index in [0.717, 1.165) is 17.9 Å². The Bertz CT molecular complexity index is 368. The van der Waals surface area contributed by atoms with Crippen LogP contribution in [0.15, 0.2) is 24.3 Å². The minimum Gasteiger partial charge on any atom is -0.494 e. The summed E-state index contributed by atoms with van der Waals surface area (Å²) in [7, 11) is 0. The first-order chi connectivity index (χ1) is 7.93. The molecule has 0 aliphatic rings. The van der Waals surface area contributed by atoms with E-state index in [-0.39, 0.29) is 5.91 Å². The summed E-state index contributed by atoms with van der Waals surface area (Å²) in [5.74, 6) is 0.752. The summed E-state index contributed by atoms with van der Waals surface area (Å²) in [6.45, 7) is 6.38. The number of alkyl halides is 1. The number of carbonyl (C=O) groups is 1. The molecule has 3 nitrogen and oxygen atoms in total. The summed E-state index contributed by atoms with van der Waals surface area (Å²) >= 11 is 3.31. The molecule has 4 heteroatoms. The smallest absolute Gasteiger partial charge is 0.240 e. The van der Waals surface area contributed by atoms with E-state index in [1.165, 1.54) is 0 Å². The van der Waals surface area contributed by atoms with Crippen molar-refractivity contribution in [2.75, 3.05) is 11.9 Å². The highest BCUT2D eigenvalue weighted by Crippen LogP contribution is 2.20. The predicted molar refractivity (Wildman–Crippen MR) is 73.9 cm³/mol. The third-order valence-corrected chi connectivity index (χ3v) is 2.49. The molecule has 0 radical (unpaired) electrons. The van der Waals surface area contributed by atoms with Crippen molar-refractivity contribution in [2.45, 2.75) is 31.5 Å². The molecule has 1 rings (SSSR count). The molecule has 1 amide bonds. The Morgan fingerprint density at radius 3 is 2.41 bits per heavy atom. The Balaban J connectivity index is 2.59. The van der Waals surface area contributed by atoms with Crippen LogP contribution in [0.25, 0.3) is 0 Å². The molecule has 17 heavy (non-hydrogen) atoms. The van der Waals surface area contributed by atoms with Crippen molar-refractivity contribution in [1.82, 2.24) is 0 Å². The number of nitrogens with one attached hydrogen (secondary N) is 1. The first-order valence-corrected chi connectivity index (χ1v) is 6.46. The van der Waals surface area contributed by atoms with Gasteiger partial charge >= 0.3 is 0 Å². The van der Waals surface area contributed by atoms with Gasteiger partial charge in [0, 0.05) is 5.69 Å². The molecule has 0 saturated heterocycles. The molecule has 0 saturated carbocycles. The van der Waals surface area contributed by atoms with Gasteiger partial charge in [-0.2, -0.15) is 0 Å². The number of hydrogen-bond donors (Lipinski definition) is 1. The predicted octanol–water partition coefficient (Wildman–Crippen LogP) is 3.59. The number of amides is 1. The molecule has 1 aromatic carbocycles. The van der Waals surface area contributed by atoms with Crippen LogP contribution in [0.3, 0.4) is 0 Å². The molecule has 1 aromatic rings. The maximum Gasteiger partial charge on any atom is 0.240 e. The topological polar surface area (TPSA) is 38.3 Å². The van der Waals surface area contributed by atoms with Crippen LogP contribution in [0.1, 0.15) is 27.2 Å². The molecule has 0 aliphatic carbocycles. The number of anilines is 1. The monoisotopic (exact) mass is 299 g/mol. The van der Waals surface area contributed by atoms with Crippen LogP contribution in [0.5, 0.6) is 5.75 Å². The minimum atomic E-state index is -0.565. The fraction of sp³-hybridized carbons (Fsp3) is 0.462. The lowest BCUT2D eigenvalue weighted by atomic mass is 10.2. The number of rotatable bonds is 5. The zero-order valence-corrected chi connectivity index (χ0v) is 12.0. The van der Waals surface area contributed by atoms with Crippen molar-refractivity contribution in [3.05, 3.63) is 24.3 Å². The summed E-state index contributed by atoms with van der Waals surface area (Å²) in [6.07, 6.45) is 0.982. The molecule has 0 fully saturated rings. The van der Waals surface area contributed by atoms with Crippen molar-refractivity contribution in [2.24, 2.45) is 0 Å².